The number of thioether (sulfide) groups is 1. The van der Waals surface area contributed by atoms with Gasteiger partial charge in [0.2, 0.25) is 0 Å². The number of hydrogen-bond acceptors (Lipinski definition) is 6. The number of aromatic nitrogens is 2. The number of carbonyl (C=O) groups is 1. The summed E-state index contributed by atoms with van der Waals surface area (Å²) in [6.45, 7) is 2.89. The second-order valence-corrected chi connectivity index (χ2v) is 8.80. The number of aryl methyl sites for hydroxylation is 1. The average Bonchev–Trinajstić information content (AvgIpc) is 3.55. The third-order valence-corrected chi connectivity index (χ3v) is 6.98. The lowest BCUT2D eigenvalue weighted by Crippen LogP contribution is -2.28. The van der Waals surface area contributed by atoms with Crippen molar-refractivity contribution < 1.29 is 9.21 Å². The molecule has 1 amide bonds. The van der Waals surface area contributed by atoms with Gasteiger partial charge in [-0.15, -0.1) is 11.3 Å². The quantitative estimate of drug-likeness (QED) is 0.391. The summed E-state index contributed by atoms with van der Waals surface area (Å²) in [5.74, 6) is 0.967. The number of hydrogen-bond donors (Lipinski definition) is 0. The highest BCUT2D eigenvalue weighted by atomic mass is 32.2. The zero-order valence-electron chi connectivity index (χ0n) is 16.4. The van der Waals surface area contributed by atoms with Gasteiger partial charge in [0.15, 0.2) is 5.16 Å². The molecule has 0 saturated carbocycles. The maximum atomic E-state index is 13.2. The number of furan rings is 1. The highest BCUT2D eigenvalue weighted by Crippen LogP contribution is 2.35. The molecule has 0 N–H and O–H groups in total. The molecule has 1 aromatic carbocycles. The Morgan fingerprint density at radius 1 is 1.23 bits per heavy atom. The average molecular weight is 437 g/mol. The normalized spacial score (nSPS) is 16.4. The van der Waals surface area contributed by atoms with Gasteiger partial charge in [0, 0.05) is 13.0 Å². The Hall–Kier alpha value is -2.84. The monoisotopic (exact) mass is 436 g/mol. The first-order valence-corrected chi connectivity index (χ1v) is 11.7. The van der Waals surface area contributed by atoms with Gasteiger partial charge in [-0.1, -0.05) is 30.0 Å². The number of imidazole rings is 1. The first kappa shape index (κ1) is 19.1. The molecule has 0 aliphatic carbocycles. The van der Waals surface area contributed by atoms with Crippen LogP contribution in [0, 0.1) is 0 Å². The smallest absolute Gasteiger partial charge is 0.253 e. The van der Waals surface area contributed by atoms with E-state index in [1.165, 1.54) is 11.8 Å². The highest BCUT2D eigenvalue weighted by Gasteiger charge is 2.35. The molecule has 1 atom stereocenters. The zero-order valence-corrected chi connectivity index (χ0v) is 18.0. The molecule has 6 nitrogen and oxygen atoms in total. The molecule has 0 bridgehead atoms. The third kappa shape index (κ3) is 3.46. The van der Waals surface area contributed by atoms with Crippen LogP contribution in [0.2, 0.25) is 0 Å². The van der Waals surface area contributed by atoms with E-state index in [0.717, 1.165) is 39.1 Å². The molecule has 1 aliphatic heterocycles. The number of amides is 1. The molecule has 8 heteroatoms. The molecule has 0 fully saturated rings. The Labute approximate surface area is 182 Å². The van der Waals surface area contributed by atoms with E-state index < -0.39 is 0 Å². The van der Waals surface area contributed by atoms with E-state index in [1.54, 1.807) is 22.6 Å². The minimum Gasteiger partial charge on any atom is -0.467 e. The third-order valence-electron chi connectivity index (χ3n) is 5.10. The molecule has 0 spiro atoms. The Kier molecular flexibility index (Phi) is 5.18. The van der Waals surface area contributed by atoms with Crippen molar-refractivity contribution in [1.82, 2.24) is 14.6 Å². The summed E-state index contributed by atoms with van der Waals surface area (Å²) in [6, 6.07) is 15.6. The van der Waals surface area contributed by atoms with Crippen LogP contribution in [0.5, 0.6) is 0 Å². The topological polar surface area (TPSA) is 63.6 Å². The molecule has 4 heterocycles. The van der Waals surface area contributed by atoms with E-state index in [4.69, 9.17) is 9.40 Å². The molecule has 152 valence electrons. The van der Waals surface area contributed by atoms with Gasteiger partial charge in [0.05, 0.1) is 33.6 Å². The van der Waals surface area contributed by atoms with Crippen molar-refractivity contribution in [2.24, 2.45) is 5.10 Å². The summed E-state index contributed by atoms with van der Waals surface area (Å²) < 4.78 is 7.76. The molecule has 3 aromatic heterocycles. The van der Waals surface area contributed by atoms with E-state index in [2.05, 4.69) is 22.7 Å². The van der Waals surface area contributed by atoms with Gasteiger partial charge in [-0.25, -0.2) is 9.99 Å². The van der Waals surface area contributed by atoms with Gasteiger partial charge >= 0.3 is 0 Å². The van der Waals surface area contributed by atoms with Crippen molar-refractivity contribution in [2.45, 2.75) is 31.1 Å². The minimum absolute atomic E-state index is 0.0531. The highest BCUT2D eigenvalue weighted by molar-refractivity contribution is 7.99. The van der Waals surface area contributed by atoms with Gasteiger partial charge in [0.1, 0.15) is 11.8 Å². The Balaban J connectivity index is 1.39. The number of rotatable bonds is 6. The molecular weight excluding hydrogens is 416 g/mol. The lowest BCUT2D eigenvalue weighted by Gasteiger charge is -2.19. The Bertz CT molecular complexity index is 1200. The van der Waals surface area contributed by atoms with E-state index in [1.807, 2.05) is 47.8 Å². The van der Waals surface area contributed by atoms with Gasteiger partial charge < -0.3 is 8.98 Å². The van der Waals surface area contributed by atoms with Gasteiger partial charge in [-0.3, -0.25) is 4.79 Å². The summed E-state index contributed by atoms with van der Waals surface area (Å²) in [6.07, 6.45) is 2.29. The van der Waals surface area contributed by atoms with Crippen LogP contribution in [-0.2, 0) is 11.3 Å². The van der Waals surface area contributed by atoms with E-state index in [9.17, 15) is 4.79 Å². The van der Waals surface area contributed by atoms with Crippen LogP contribution in [0.15, 0.2) is 74.8 Å². The van der Waals surface area contributed by atoms with Crippen molar-refractivity contribution in [3.63, 3.8) is 0 Å². The first-order chi connectivity index (χ1) is 14.7. The molecule has 1 aliphatic rings. The van der Waals surface area contributed by atoms with Crippen molar-refractivity contribution in [3.05, 3.63) is 70.8 Å². The summed E-state index contributed by atoms with van der Waals surface area (Å²) in [4.78, 5) is 19.0. The van der Waals surface area contributed by atoms with E-state index in [0.29, 0.717) is 6.42 Å². The maximum absolute atomic E-state index is 13.2. The zero-order chi connectivity index (χ0) is 20.5. The molecule has 0 saturated heterocycles. The summed E-state index contributed by atoms with van der Waals surface area (Å²) in [7, 11) is 0. The predicted molar refractivity (Wildman–Crippen MR) is 120 cm³/mol. The van der Waals surface area contributed by atoms with Crippen LogP contribution in [-0.4, -0.2) is 31.9 Å². The van der Waals surface area contributed by atoms with E-state index in [-0.39, 0.29) is 17.7 Å². The van der Waals surface area contributed by atoms with Crippen molar-refractivity contribution in [2.75, 3.05) is 5.75 Å². The lowest BCUT2D eigenvalue weighted by atomic mass is 10.1. The second-order valence-electron chi connectivity index (χ2n) is 6.91. The summed E-state index contributed by atoms with van der Waals surface area (Å²) in [5, 5.41) is 9.13. The summed E-state index contributed by atoms with van der Waals surface area (Å²) in [5.41, 5.74) is 2.95. The van der Waals surface area contributed by atoms with Gasteiger partial charge in [0.25, 0.3) is 5.91 Å². The Morgan fingerprint density at radius 3 is 2.90 bits per heavy atom. The standard InChI is InChI=1S/C22H20N4O2S2/c1-2-25-17-8-4-3-7-15(17)23-22(25)30-14-21(27)26-18(19-9-5-11-28-19)13-16(24-26)20-10-6-12-29-20/h3-12,18H,2,13-14H2,1H3. The molecule has 4 aromatic rings. The van der Waals surface area contributed by atoms with Gasteiger partial charge in [-0.2, -0.15) is 5.10 Å². The fourth-order valence-electron chi connectivity index (χ4n) is 3.70. The predicted octanol–water partition coefficient (Wildman–Crippen LogP) is 5.18. The summed E-state index contributed by atoms with van der Waals surface area (Å²) >= 11 is 3.09. The minimum atomic E-state index is -0.213. The number of thiophene rings is 1. The van der Waals surface area contributed by atoms with Crippen molar-refractivity contribution in [3.8, 4) is 0 Å². The van der Waals surface area contributed by atoms with Crippen LogP contribution >= 0.6 is 23.1 Å². The van der Waals surface area contributed by atoms with Crippen LogP contribution in [0.3, 0.4) is 0 Å². The SMILES string of the molecule is CCn1c(SCC(=O)N2N=C(c3cccs3)CC2c2ccco2)nc2ccccc21. The number of para-hydroxylation sites is 2. The Morgan fingerprint density at radius 2 is 2.13 bits per heavy atom. The molecule has 0 radical (unpaired) electrons. The number of nitrogens with zero attached hydrogens (tertiary/aromatic N) is 4. The van der Waals surface area contributed by atoms with Crippen LogP contribution in [0.1, 0.15) is 30.0 Å². The second kappa shape index (κ2) is 8.12. The van der Waals surface area contributed by atoms with Crippen LogP contribution in [0.25, 0.3) is 11.0 Å². The number of carbonyl (C=O) groups excluding carboxylic acids is 1. The van der Waals surface area contributed by atoms with E-state index >= 15 is 0 Å². The van der Waals surface area contributed by atoms with Crippen molar-refractivity contribution in [1.29, 1.82) is 0 Å². The van der Waals surface area contributed by atoms with Gasteiger partial charge in [-0.05, 0) is 42.6 Å². The molecular formula is C22H20N4O2S2. The van der Waals surface area contributed by atoms with Crippen LogP contribution in [0.4, 0.5) is 0 Å². The fraction of sp³-hybridized carbons (Fsp3) is 0.227. The number of hydrazone groups is 1. The largest absolute Gasteiger partial charge is 0.467 e. The van der Waals surface area contributed by atoms with Crippen molar-refractivity contribution >= 4 is 45.8 Å². The van der Waals surface area contributed by atoms with Crippen LogP contribution < -0.4 is 0 Å². The number of benzene rings is 1. The number of fused-ring (bicyclic) bond motifs is 1. The molecule has 30 heavy (non-hydrogen) atoms. The molecule has 5 rings (SSSR count). The maximum Gasteiger partial charge on any atom is 0.253 e. The first-order valence-electron chi connectivity index (χ1n) is 9.79. The lowest BCUT2D eigenvalue weighted by molar-refractivity contribution is -0.130. The fourth-order valence-corrected chi connectivity index (χ4v) is 5.35. The molecule has 1 unspecified atom stereocenters.